The zero-order chi connectivity index (χ0) is 16.5. The largest absolute Gasteiger partial charge is 0.497 e. The molecule has 1 saturated heterocycles. The Labute approximate surface area is 138 Å². The average molecular weight is 326 g/mol. The Bertz CT molecular complexity index is 872. The normalized spacial score (nSPS) is 17.3. The maximum atomic E-state index is 5.89. The highest BCUT2D eigenvalue weighted by Crippen LogP contribution is 2.30. The maximum absolute atomic E-state index is 5.89. The van der Waals surface area contributed by atoms with Crippen LogP contribution in [0.3, 0.4) is 0 Å². The zero-order valence-corrected chi connectivity index (χ0v) is 13.3. The van der Waals surface area contributed by atoms with Crippen molar-refractivity contribution in [1.29, 1.82) is 0 Å². The molecule has 2 aromatic heterocycles. The van der Waals surface area contributed by atoms with Gasteiger partial charge in [-0.2, -0.15) is 9.97 Å². The Kier molecular flexibility index (Phi) is 3.66. The van der Waals surface area contributed by atoms with Crippen molar-refractivity contribution in [3.8, 4) is 5.75 Å². The highest BCUT2D eigenvalue weighted by molar-refractivity contribution is 5.86. The van der Waals surface area contributed by atoms with Crippen LogP contribution in [0.25, 0.3) is 11.2 Å². The highest BCUT2D eigenvalue weighted by Gasteiger charge is 2.22. The molecule has 1 unspecified atom stereocenters. The number of aromatic nitrogens is 4. The van der Waals surface area contributed by atoms with E-state index in [-0.39, 0.29) is 12.2 Å². The number of fused-ring (bicyclic) bond motifs is 1. The van der Waals surface area contributed by atoms with E-state index >= 15 is 0 Å². The molecule has 24 heavy (non-hydrogen) atoms. The first-order valence-corrected chi connectivity index (χ1v) is 7.77. The van der Waals surface area contributed by atoms with Crippen molar-refractivity contribution in [3.63, 3.8) is 0 Å². The van der Waals surface area contributed by atoms with Gasteiger partial charge in [0.2, 0.25) is 5.95 Å². The van der Waals surface area contributed by atoms with Crippen LogP contribution in [-0.4, -0.2) is 33.2 Å². The third-order valence-electron chi connectivity index (χ3n) is 3.99. The fourth-order valence-corrected chi connectivity index (χ4v) is 2.85. The fourth-order valence-electron chi connectivity index (χ4n) is 2.85. The van der Waals surface area contributed by atoms with Crippen molar-refractivity contribution in [2.45, 2.75) is 19.1 Å². The van der Waals surface area contributed by atoms with Gasteiger partial charge in [-0.25, -0.2) is 4.98 Å². The van der Waals surface area contributed by atoms with Crippen LogP contribution in [0.1, 0.15) is 19.1 Å². The van der Waals surface area contributed by atoms with Crippen LogP contribution < -0.4 is 15.8 Å². The number of benzene rings is 1. The van der Waals surface area contributed by atoms with Gasteiger partial charge in [0.15, 0.2) is 17.0 Å². The third kappa shape index (κ3) is 2.61. The summed E-state index contributed by atoms with van der Waals surface area (Å²) in [5.41, 5.74) is 8.05. The number of hydrogen-bond acceptors (Lipinski definition) is 7. The standard InChI is InChI=1S/C16H18N6O2/c1-23-11-5-2-4-10(8-11)19-14-13-15(21-16(17)20-14)22(9-18-13)12-6-3-7-24-12/h2,4-5,8-9,12H,3,6-7H2,1H3,(H3,17,19,20,21). The van der Waals surface area contributed by atoms with E-state index in [1.807, 2.05) is 28.8 Å². The SMILES string of the molecule is COc1cccc(Nc2nc(N)nc3c2ncn3C2CCCO2)c1. The number of nitrogens with two attached hydrogens (primary N) is 1. The van der Waals surface area contributed by atoms with Gasteiger partial charge < -0.3 is 20.5 Å². The van der Waals surface area contributed by atoms with Gasteiger partial charge in [-0.3, -0.25) is 4.57 Å². The van der Waals surface area contributed by atoms with Gasteiger partial charge in [0.25, 0.3) is 0 Å². The average Bonchev–Trinajstić information content (AvgIpc) is 3.24. The van der Waals surface area contributed by atoms with Crippen LogP contribution in [0.5, 0.6) is 5.75 Å². The number of rotatable bonds is 4. The summed E-state index contributed by atoms with van der Waals surface area (Å²) in [6.45, 7) is 0.750. The number of hydrogen-bond donors (Lipinski definition) is 2. The Morgan fingerprint density at radius 3 is 3.08 bits per heavy atom. The molecule has 0 amide bonds. The van der Waals surface area contributed by atoms with Gasteiger partial charge in [0, 0.05) is 18.4 Å². The lowest BCUT2D eigenvalue weighted by Crippen LogP contribution is -2.08. The molecule has 1 aromatic carbocycles. The Morgan fingerprint density at radius 1 is 1.38 bits per heavy atom. The van der Waals surface area contributed by atoms with Gasteiger partial charge in [-0.15, -0.1) is 0 Å². The molecule has 0 bridgehead atoms. The Hall–Kier alpha value is -2.87. The van der Waals surface area contributed by atoms with E-state index < -0.39 is 0 Å². The molecule has 8 nitrogen and oxygen atoms in total. The quantitative estimate of drug-likeness (QED) is 0.759. The highest BCUT2D eigenvalue weighted by atomic mass is 16.5. The summed E-state index contributed by atoms with van der Waals surface area (Å²) in [6.07, 6.45) is 3.65. The van der Waals surface area contributed by atoms with Crippen LogP contribution >= 0.6 is 0 Å². The predicted octanol–water partition coefficient (Wildman–Crippen LogP) is 2.47. The van der Waals surface area contributed by atoms with Crippen molar-refractivity contribution in [3.05, 3.63) is 30.6 Å². The van der Waals surface area contributed by atoms with E-state index in [2.05, 4.69) is 20.3 Å². The summed E-state index contributed by atoms with van der Waals surface area (Å²) in [7, 11) is 1.63. The lowest BCUT2D eigenvalue weighted by Gasteiger charge is -2.12. The van der Waals surface area contributed by atoms with E-state index in [0.29, 0.717) is 17.0 Å². The first kappa shape index (κ1) is 14.7. The fraction of sp³-hybridized carbons (Fsp3) is 0.312. The van der Waals surface area contributed by atoms with E-state index in [1.54, 1.807) is 13.4 Å². The van der Waals surface area contributed by atoms with Crippen LogP contribution in [0, 0.1) is 0 Å². The molecule has 1 fully saturated rings. The number of methoxy groups -OCH3 is 1. The number of imidazole rings is 1. The van der Waals surface area contributed by atoms with Crippen molar-refractivity contribution in [1.82, 2.24) is 19.5 Å². The number of nitrogen functional groups attached to an aromatic ring is 1. The minimum atomic E-state index is -0.0473. The van der Waals surface area contributed by atoms with E-state index in [9.17, 15) is 0 Å². The minimum absolute atomic E-state index is 0.0473. The first-order valence-electron chi connectivity index (χ1n) is 7.77. The lowest BCUT2D eigenvalue weighted by atomic mass is 10.3. The molecule has 124 valence electrons. The molecule has 4 rings (SSSR count). The molecule has 0 spiro atoms. The van der Waals surface area contributed by atoms with Crippen molar-refractivity contribution >= 4 is 28.6 Å². The number of nitrogens with zero attached hydrogens (tertiary/aromatic N) is 4. The first-order chi connectivity index (χ1) is 11.7. The van der Waals surface area contributed by atoms with Gasteiger partial charge in [-0.05, 0) is 25.0 Å². The second kappa shape index (κ2) is 5.97. The second-order valence-corrected chi connectivity index (χ2v) is 5.58. The smallest absolute Gasteiger partial charge is 0.224 e. The molecule has 3 aromatic rings. The molecule has 3 heterocycles. The summed E-state index contributed by atoms with van der Waals surface area (Å²) in [4.78, 5) is 13.1. The molecule has 0 saturated carbocycles. The predicted molar refractivity (Wildman–Crippen MR) is 90.2 cm³/mol. The van der Waals surface area contributed by atoms with Gasteiger partial charge in [0.1, 0.15) is 12.0 Å². The number of ether oxygens (including phenoxy) is 2. The number of nitrogens with one attached hydrogen (secondary N) is 1. The topological polar surface area (TPSA) is 100 Å². The van der Waals surface area contributed by atoms with Gasteiger partial charge in [-0.1, -0.05) is 6.07 Å². The monoisotopic (exact) mass is 326 g/mol. The summed E-state index contributed by atoms with van der Waals surface area (Å²) >= 11 is 0. The van der Waals surface area contributed by atoms with Crippen LogP contribution in [0.4, 0.5) is 17.5 Å². The molecule has 1 atom stereocenters. The summed E-state index contributed by atoms with van der Waals surface area (Å²) < 4.78 is 12.9. The maximum Gasteiger partial charge on any atom is 0.224 e. The van der Waals surface area contributed by atoms with Crippen LogP contribution in [-0.2, 0) is 4.74 Å². The summed E-state index contributed by atoms with van der Waals surface area (Å²) in [6, 6.07) is 7.57. The van der Waals surface area contributed by atoms with Crippen LogP contribution in [0.2, 0.25) is 0 Å². The van der Waals surface area contributed by atoms with Crippen molar-refractivity contribution < 1.29 is 9.47 Å². The van der Waals surface area contributed by atoms with Crippen molar-refractivity contribution in [2.75, 3.05) is 24.8 Å². The molecule has 0 aliphatic carbocycles. The minimum Gasteiger partial charge on any atom is -0.497 e. The number of anilines is 3. The van der Waals surface area contributed by atoms with E-state index in [4.69, 9.17) is 15.2 Å². The van der Waals surface area contributed by atoms with Gasteiger partial charge in [0.05, 0.1) is 13.4 Å². The molecular weight excluding hydrogens is 308 g/mol. The zero-order valence-electron chi connectivity index (χ0n) is 13.3. The lowest BCUT2D eigenvalue weighted by molar-refractivity contribution is 0.0593. The molecule has 0 radical (unpaired) electrons. The third-order valence-corrected chi connectivity index (χ3v) is 3.99. The second-order valence-electron chi connectivity index (χ2n) is 5.58. The molecule has 3 N–H and O–H groups in total. The molecule has 8 heteroatoms. The van der Waals surface area contributed by atoms with E-state index in [1.165, 1.54) is 0 Å². The Morgan fingerprint density at radius 2 is 2.29 bits per heavy atom. The molecule has 1 aliphatic rings. The summed E-state index contributed by atoms with van der Waals surface area (Å²) in [5, 5.41) is 3.24. The van der Waals surface area contributed by atoms with E-state index in [0.717, 1.165) is 30.9 Å². The van der Waals surface area contributed by atoms with Gasteiger partial charge >= 0.3 is 0 Å². The molecule has 1 aliphatic heterocycles. The molecular formula is C16H18N6O2. The van der Waals surface area contributed by atoms with Crippen LogP contribution in [0.15, 0.2) is 30.6 Å². The Balaban J connectivity index is 1.74. The van der Waals surface area contributed by atoms with Crippen molar-refractivity contribution in [2.24, 2.45) is 0 Å². The summed E-state index contributed by atoms with van der Waals surface area (Å²) in [5.74, 6) is 1.50.